The fraction of sp³-hybridized carbons (Fsp3) is 0.562. The van der Waals surface area contributed by atoms with E-state index in [9.17, 15) is 15.2 Å². The molecule has 1 saturated heterocycles. The van der Waals surface area contributed by atoms with Crippen LogP contribution < -0.4 is 19.7 Å². The monoisotopic (exact) mass is 547 g/mol. The molecule has 3 fully saturated rings. The van der Waals surface area contributed by atoms with Crippen LogP contribution in [0.3, 0.4) is 0 Å². The predicted molar refractivity (Wildman–Crippen MR) is 153 cm³/mol. The van der Waals surface area contributed by atoms with Crippen molar-refractivity contribution in [3.63, 3.8) is 0 Å². The Balaban J connectivity index is 1.15. The molecular weight excluding hydrogens is 506 g/mol. The average molecular weight is 548 g/mol. The van der Waals surface area contributed by atoms with Gasteiger partial charge in [0.25, 0.3) is 5.91 Å². The Hall–Kier alpha value is -3.28. The summed E-state index contributed by atoms with van der Waals surface area (Å²) >= 11 is 0. The fourth-order valence-corrected chi connectivity index (χ4v) is 7.00. The maximum absolute atomic E-state index is 13.3. The zero-order valence-corrected chi connectivity index (χ0v) is 24.1. The Morgan fingerprint density at radius 1 is 1.00 bits per heavy atom. The van der Waals surface area contributed by atoms with Crippen molar-refractivity contribution in [1.82, 2.24) is 5.32 Å². The number of methoxy groups -OCH3 is 1. The number of carbonyl (C=O) groups is 1. The van der Waals surface area contributed by atoms with Gasteiger partial charge in [-0.1, -0.05) is 27.7 Å². The van der Waals surface area contributed by atoms with Gasteiger partial charge in [0.15, 0.2) is 0 Å². The summed E-state index contributed by atoms with van der Waals surface area (Å²) in [5.74, 6) is 1.02. The Morgan fingerprint density at radius 3 is 2.25 bits per heavy atom. The number of anilines is 1. The van der Waals surface area contributed by atoms with Crippen molar-refractivity contribution in [3.8, 4) is 17.6 Å². The van der Waals surface area contributed by atoms with Gasteiger partial charge in [0.1, 0.15) is 23.7 Å². The van der Waals surface area contributed by atoms with Crippen molar-refractivity contribution in [1.29, 1.82) is 5.26 Å². The van der Waals surface area contributed by atoms with Crippen molar-refractivity contribution < 1.29 is 24.1 Å². The van der Waals surface area contributed by atoms with Gasteiger partial charge in [-0.2, -0.15) is 5.26 Å². The summed E-state index contributed by atoms with van der Waals surface area (Å²) in [5, 5.41) is 22.2. The van der Waals surface area contributed by atoms with E-state index in [2.05, 4.69) is 44.0 Å². The van der Waals surface area contributed by atoms with E-state index in [1.807, 2.05) is 24.3 Å². The van der Waals surface area contributed by atoms with Crippen LogP contribution in [0.1, 0.15) is 69.3 Å². The van der Waals surface area contributed by atoms with Gasteiger partial charge in [-0.3, -0.25) is 4.79 Å². The van der Waals surface area contributed by atoms with Gasteiger partial charge >= 0.3 is 0 Å². The van der Waals surface area contributed by atoms with Gasteiger partial charge in [0.2, 0.25) is 0 Å². The number of hydrogen-bond donors (Lipinski definition) is 2. The molecule has 1 aliphatic heterocycles. The maximum atomic E-state index is 13.3. The first-order chi connectivity index (χ1) is 19.0. The molecule has 0 radical (unpaired) electrons. The van der Waals surface area contributed by atoms with Crippen LogP contribution in [0.4, 0.5) is 5.69 Å². The highest BCUT2D eigenvalue weighted by Crippen LogP contribution is 2.55. The van der Waals surface area contributed by atoms with Crippen LogP contribution in [0.25, 0.3) is 0 Å². The topological polar surface area (TPSA) is 104 Å². The second kappa shape index (κ2) is 10.9. The largest absolute Gasteiger partial charge is 0.495 e. The minimum absolute atomic E-state index is 0.0911. The molecule has 8 heteroatoms. The summed E-state index contributed by atoms with van der Waals surface area (Å²) in [6, 6.07) is 15.0. The van der Waals surface area contributed by atoms with Gasteiger partial charge in [-0.05, 0) is 62.1 Å². The molecule has 0 aromatic heterocycles. The molecule has 40 heavy (non-hydrogen) atoms. The molecule has 3 aliphatic rings. The van der Waals surface area contributed by atoms with Crippen LogP contribution in [0, 0.1) is 22.2 Å². The Kier molecular flexibility index (Phi) is 7.73. The SMILES string of the molecule is COc1cc(OC2C(C)(C)C(NC(=O)c3ccc(N4CC(OC5CCC(O)CC5)C4)cc3)C2(C)C)ccc1C#N. The number of aliphatic hydroxyl groups excluding tert-OH is 1. The third-order valence-electron chi connectivity index (χ3n) is 9.03. The molecule has 2 aromatic rings. The Morgan fingerprint density at radius 2 is 1.65 bits per heavy atom. The summed E-state index contributed by atoms with van der Waals surface area (Å²) in [6.07, 6.45) is 3.72. The molecule has 1 heterocycles. The fourth-order valence-electron chi connectivity index (χ4n) is 7.00. The maximum Gasteiger partial charge on any atom is 0.251 e. The summed E-state index contributed by atoms with van der Waals surface area (Å²) in [5.41, 5.74) is 1.55. The summed E-state index contributed by atoms with van der Waals surface area (Å²) < 4.78 is 17.9. The highest BCUT2D eigenvalue weighted by molar-refractivity contribution is 5.95. The van der Waals surface area contributed by atoms with Crippen LogP contribution in [0.2, 0.25) is 0 Å². The second-order valence-corrected chi connectivity index (χ2v) is 12.7. The molecule has 0 unspecified atom stereocenters. The van der Waals surface area contributed by atoms with E-state index in [1.165, 1.54) is 7.11 Å². The Bertz CT molecular complexity index is 1240. The third kappa shape index (κ3) is 5.37. The van der Waals surface area contributed by atoms with E-state index in [0.29, 0.717) is 22.6 Å². The van der Waals surface area contributed by atoms with Gasteiger partial charge in [-0.25, -0.2) is 0 Å². The number of hydrogen-bond acceptors (Lipinski definition) is 7. The lowest BCUT2D eigenvalue weighted by Crippen LogP contribution is -2.74. The normalized spacial score (nSPS) is 27.1. The molecule has 5 rings (SSSR count). The number of amides is 1. The smallest absolute Gasteiger partial charge is 0.251 e. The van der Waals surface area contributed by atoms with Gasteiger partial charge in [-0.15, -0.1) is 0 Å². The Labute approximate surface area is 237 Å². The minimum atomic E-state index is -0.316. The number of nitrogens with zero attached hydrogens (tertiary/aromatic N) is 2. The molecule has 0 atom stereocenters. The quantitative estimate of drug-likeness (QED) is 0.494. The molecule has 0 bridgehead atoms. The molecule has 2 saturated carbocycles. The summed E-state index contributed by atoms with van der Waals surface area (Å²) in [4.78, 5) is 15.5. The lowest BCUT2D eigenvalue weighted by Gasteiger charge is -2.63. The van der Waals surface area contributed by atoms with E-state index in [4.69, 9.17) is 14.2 Å². The number of ether oxygens (including phenoxy) is 3. The molecule has 214 valence electrons. The van der Waals surface area contributed by atoms with Crippen LogP contribution >= 0.6 is 0 Å². The zero-order chi connectivity index (χ0) is 28.7. The van der Waals surface area contributed by atoms with E-state index in [-0.39, 0.29) is 47.2 Å². The first kappa shape index (κ1) is 28.3. The van der Waals surface area contributed by atoms with Crippen LogP contribution in [-0.4, -0.2) is 61.7 Å². The van der Waals surface area contributed by atoms with Crippen molar-refractivity contribution in [2.45, 2.75) is 83.8 Å². The zero-order valence-electron chi connectivity index (χ0n) is 24.1. The molecular formula is C32H41N3O5. The first-order valence-electron chi connectivity index (χ1n) is 14.3. The van der Waals surface area contributed by atoms with Crippen LogP contribution in [0.15, 0.2) is 42.5 Å². The summed E-state index contributed by atoms with van der Waals surface area (Å²) in [6.45, 7) is 10.1. The molecule has 2 N–H and O–H groups in total. The van der Waals surface area contributed by atoms with E-state index in [1.54, 1.807) is 18.2 Å². The lowest BCUT2D eigenvalue weighted by atomic mass is 9.49. The van der Waals surface area contributed by atoms with Crippen molar-refractivity contribution in [2.24, 2.45) is 10.8 Å². The number of benzene rings is 2. The number of nitriles is 1. The third-order valence-corrected chi connectivity index (χ3v) is 9.03. The highest BCUT2D eigenvalue weighted by Gasteiger charge is 2.64. The molecule has 8 nitrogen and oxygen atoms in total. The van der Waals surface area contributed by atoms with E-state index in [0.717, 1.165) is 44.5 Å². The highest BCUT2D eigenvalue weighted by atomic mass is 16.5. The number of nitrogens with one attached hydrogen (secondary N) is 1. The van der Waals surface area contributed by atoms with Crippen molar-refractivity contribution in [2.75, 3.05) is 25.1 Å². The molecule has 2 aromatic carbocycles. The number of aliphatic hydroxyl groups is 1. The van der Waals surface area contributed by atoms with Gasteiger partial charge in [0.05, 0.1) is 31.0 Å². The molecule has 0 spiro atoms. The lowest BCUT2D eigenvalue weighted by molar-refractivity contribution is -0.164. The first-order valence-corrected chi connectivity index (χ1v) is 14.3. The van der Waals surface area contributed by atoms with Gasteiger partial charge < -0.3 is 29.5 Å². The second-order valence-electron chi connectivity index (χ2n) is 12.7. The molecule has 2 aliphatic carbocycles. The van der Waals surface area contributed by atoms with Crippen LogP contribution in [-0.2, 0) is 4.74 Å². The van der Waals surface area contributed by atoms with E-state index >= 15 is 0 Å². The molecule has 1 amide bonds. The van der Waals surface area contributed by atoms with E-state index < -0.39 is 0 Å². The number of rotatable bonds is 8. The average Bonchev–Trinajstić information content (AvgIpc) is 2.92. The number of carbonyl (C=O) groups excluding carboxylic acids is 1. The van der Waals surface area contributed by atoms with Crippen molar-refractivity contribution >= 4 is 11.6 Å². The predicted octanol–water partition coefficient (Wildman–Crippen LogP) is 4.69. The standard InChI is InChI=1S/C32H41N3O5/c1-31(2)29(32(3,4)30(31)40-25-13-8-21(17-33)27(16-25)38-5)34-28(37)20-6-9-22(10-7-20)35-18-26(19-35)39-24-14-11-23(36)12-15-24/h6-10,13,16,23-24,26,29-30,36H,11-12,14-15,18-19H2,1-5H3,(H,34,37). The minimum Gasteiger partial charge on any atom is -0.495 e. The summed E-state index contributed by atoms with van der Waals surface area (Å²) in [7, 11) is 1.54. The van der Waals surface area contributed by atoms with Crippen molar-refractivity contribution in [3.05, 3.63) is 53.6 Å². The van der Waals surface area contributed by atoms with Crippen LogP contribution in [0.5, 0.6) is 11.5 Å². The van der Waals surface area contributed by atoms with Gasteiger partial charge in [0, 0.05) is 47.3 Å².